The van der Waals surface area contributed by atoms with Gasteiger partial charge in [0, 0.05) is 11.8 Å². The van der Waals surface area contributed by atoms with E-state index in [1.165, 1.54) is 0 Å². The van der Waals surface area contributed by atoms with Crippen LogP contribution >= 0.6 is 0 Å². The molecular formula is C21H26O4. The third-order valence-corrected chi connectivity index (χ3v) is 7.02. The molecule has 0 heterocycles. The second-order valence-corrected chi connectivity index (χ2v) is 7.96. The van der Waals surface area contributed by atoms with Gasteiger partial charge in [-0.05, 0) is 49.4 Å². The Balaban J connectivity index is 1.76. The number of hydrogen-bond acceptors (Lipinski definition) is 4. The molecule has 0 aromatic carbocycles. The van der Waals surface area contributed by atoms with E-state index in [1.807, 2.05) is 0 Å². The zero-order chi connectivity index (χ0) is 17.9. The fourth-order valence-electron chi connectivity index (χ4n) is 6.11. The van der Waals surface area contributed by atoms with Gasteiger partial charge in [-0.2, -0.15) is 0 Å². The molecular weight excluding hydrogens is 316 g/mol. The van der Waals surface area contributed by atoms with Crippen LogP contribution < -0.4 is 0 Å². The summed E-state index contributed by atoms with van der Waals surface area (Å²) in [7, 11) is 0. The molecule has 0 unspecified atom stereocenters. The second-order valence-electron chi connectivity index (χ2n) is 7.96. The Bertz CT molecular complexity index is 703. The van der Waals surface area contributed by atoms with Gasteiger partial charge in [-0.3, -0.25) is 0 Å². The van der Waals surface area contributed by atoms with Gasteiger partial charge in [0.15, 0.2) is 0 Å². The molecule has 0 spiro atoms. The van der Waals surface area contributed by atoms with Crippen molar-refractivity contribution in [2.45, 2.75) is 27.2 Å². The van der Waals surface area contributed by atoms with E-state index >= 15 is 0 Å². The fourth-order valence-corrected chi connectivity index (χ4v) is 6.11. The lowest BCUT2D eigenvalue weighted by Crippen LogP contribution is -2.69. The first-order valence-electron chi connectivity index (χ1n) is 9.38. The largest absolute Gasteiger partial charge is 0.463 e. The van der Waals surface area contributed by atoms with E-state index < -0.39 is 0 Å². The third-order valence-electron chi connectivity index (χ3n) is 7.02. The lowest BCUT2D eigenvalue weighted by Gasteiger charge is -2.73. The SMILES string of the molecule is C=C[C@]1(C)C[C@@H]2[C@@H]3[C@H]([C@@H]21)[C@@H]1C=C[C@H]3C(C(=O)OCC)=C1C(=O)OCC. The summed E-state index contributed by atoms with van der Waals surface area (Å²) < 4.78 is 10.6. The van der Waals surface area contributed by atoms with Crippen LogP contribution in [0, 0.1) is 40.9 Å². The highest BCUT2D eigenvalue weighted by atomic mass is 16.5. The van der Waals surface area contributed by atoms with E-state index in [0.717, 1.165) is 6.42 Å². The van der Waals surface area contributed by atoms with E-state index in [-0.39, 0.29) is 29.2 Å². The van der Waals surface area contributed by atoms with Crippen LogP contribution in [0.2, 0.25) is 0 Å². The van der Waals surface area contributed by atoms with Gasteiger partial charge in [-0.1, -0.05) is 25.2 Å². The summed E-state index contributed by atoms with van der Waals surface area (Å²) >= 11 is 0. The van der Waals surface area contributed by atoms with E-state index in [0.29, 0.717) is 48.0 Å². The summed E-state index contributed by atoms with van der Waals surface area (Å²) in [5.41, 5.74) is 1.26. The Morgan fingerprint density at radius 2 is 1.64 bits per heavy atom. The van der Waals surface area contributed by atoms with Gasteiger partial charge in [0.2, 0.25) is 0 Å². The Morgan fingerprint density at radius 3 is 2.12 bits per heavy atom. The van der Waals surface area contributed by atoms with E-state index in [1.54, 1.807) is 13.8 Å². The maximum absolute atomic E-state index is 12.7. The molecule has 0 amide bonds. The van der Waals surface area contributed by atoms with Crippen LogP contribution in [0.4, 0.5) is 0 Å². The standard InChI is InChI=1S/C21H26O4/c1-5-21(4)10-13-14-11-8-9-12(15(14)18(13)21)17(20(23)25-7-3)16(11)19(22)24-6-2/h5,8-9,11-15,18H,1,6-7,10H2,2-4H3/t11-,12+,13-,14-,15-,18-,21-/m1/s1. The summed E-state index contributed by atoms with van der Waals surface area (Å²) in [6.45, 7) is 10.5. The quantitative estimate of drug-likeness (QED) is 0.568. The minimum atomic E-state index is -0.355. The normalized spacial score (nSPS) is 42.7. The first-order valence-corrected chi connectivity index (χ1v) is 9.38. The van der Waals surface area contributed by atoms with Crippen LogP contribution in [0.15, 0.2) is 36.0 Å². The summed E-state index contributed by atoms with van der Waals surface area (Å²) in [4.78, 5) is 25.3. The number of rotatable bonds is 5. The summed E-state index contributed by atoms with van der Waals surface area (Å²) in [5, 5.41) is 0. The van der Waals surface area contributed by atoms with Gasteiger partial charge < -0.3 is 9.47 Å². The Morgan fingerprint density at radius 1 is 1.12 bits per heavy atom. The monoisotopic (exact) mass is 342 g/mol. The fraction of sp³-hybridized carbons (Fsp3) is 0.619. The summed E-state index contributed by atoms with van der Waals surface area (Å²) in [6.07, 6.45) is 7.46. The highest BCUT2D eigenvalue weighted by Crippen LogP contribution is 2.75. The first kappa shape index (κ1) is 16.6. The molecule has 5 aliphatic carbocycles. The molecule has 0 radical (unpaired) electrons. The molecule has 0 aliphatic heterocycles. The van der Waals surface area contributed by atoms with E-state index in [9.17, 15) is 9.59 Å². The number of carbonyl (C=O) groups is 2. The number of esters is 2. The molecule has 5 aliphatic rings. The molecule has 134 valence electrons. The smallest absolute Gasteiger partial charge is 0.335 e. The maximum atomic E-state index is 12.7. The highest BCUT2D eigenvalue weighted by molar-refractivity contribution is 6.02. The topological polar surface area (TPSA) is 52.6 Å². The number of hydrogen-bond donors (Lipinski definition) is 0. The molecule has 25 heavy (non-hydrogen) atoms. The zero-order valence-corrected chi connectivity index (χ0v) is 15.2. The number of carbonyl (C=O) groups excluding carboxylic acids is 2. The van der Waals surface area contributed by atoms with Crippen molar-refractivity contribution < 1.29 is 19.1 Å². The lowest BCUT2D eigenvalue weighted by molar-refractivity contribution is -0.213. The van der Waals surface area contributed by atoms with E-state index in [2.05, 4.69) is 31.7 Å². The average Bonchev–Trinajstić information content (AvgIpc) is 2.58. The maximum Gasteiger partial charge on any atom is 0.335 e. The molecule has 2 saturated carbocycles. The summed E-state index contributed by atoms with van der Waals surface area (Å²) in [6, 6.07) is 0. The molecule has 2 bridgehead atoms. The molecule has 7 atom stereocenters. The highest BCUT2D eigenvalue weighted by Gasteiger charge is 2.71. The van der Waals surface area contributed by atoms with Crippen molar-refractivity contribution in [1.29, 1.82) is 0 Å². The molecule has 0 N–H and O–H groups in total. The summed E-state index contributed by atoms with van der Waals surface area (Å²) in [5.74, 6) is 1.29. The third kappa shape index (κ3) is 2.00. The van der Waals surface area contributed by atoms with Crippen LogP contribution in [-0.2, 0) is 19.1 Å². The minimum Gasteiger partial charge on any atom is -0.463 e. The molecule has 0 saturated heterocycles. The molecule has 4 heteroatoms. The Labute approximate surface area is 148 Å². The molecule has 5 rings (SSSR count). The number of fused-ring (bicyclic) bond motifs is 1. The van der Waals surface area contributed by atoms with Crippen molar-refractivity contribution in [3.63, 3.8) is 0 Å². The van der Waals surface area contributed by atoms with Crippen LogP contribution in [0.1, 0.15) is 27.2 Å². The van der Waals surface area contributed by atoms with Crippen molar-refractivity contribution >= 4 is 11.9 Å². The van der Waals surface area contributed by atoms with Gasteiger partial charge in [0.1, 0.15) is 0 Å². The predicted molar refractivity (Wildman–Crippen MR) is 93.3 cm³/mol. The van der Waals surface area contributed by atoms with Crippen molar-refractivity contribution in [2.24, 2.45) is 40.9 Å². The van der Waals surface area contributed by atoms with Gasteiger partial charge in [-0.25, -0.2) is 9.59 Å². The zero-order valence-electron chi connectivity index (χ0n) is 15.2. The van der Waals surface area contributed by atoms with Gasteiger partial charge >= 0.3 is 11.9 Å². The lowest BCUT2D eigenvalue weighted by atomic mass is 9.30. The van der Waals surface area contributed by atoms with E-state index in [4.69, 9.17) is 9.47 Å². The van der Waals surface area contributed by atoms with Gasteiger partial charge in [0.25, 0.3) is 0 Å². The van der Waals surface area contributed by atoms with Crippen molar-refractivity contribution in [3.05, 3.63) is 36.0 Å². The molecule has 4 nitrogen and oxygen atoms in total. The minimum absolute atomic E-state index is 0.0101. The van der Waals surface area contributed by atoms with Gasteiger partial charge in [-0.15, -0.1) is 6.58 Å². The number of ether oxygens (including phenoxy) is 2. The molecule has 0 aromatic rings. The van der Waals surface area contributed by atoms with Crippen molar-refractivity contribution in [2.75, 3.05) is 13.2 Å². The predicted octanol–water partition coefficient (Wildman–Crippen LogP) is 3.30. The Kier molecular flexibility index (Phi) is 3.71. The van der Waals surface area contributed by atoms with Crippen molar-refractivity contribution in [1.82, 2.24) is 0 Å². The number of allylic oxidation sites excluding steroid dienone is 3. The first-order chi connectivity index (χ1) is 12.0. The second kappa shape index (κ2) is 5.58. The molecule has 0 aromatic heterocycles. The van der Waals surface area contributed by atoms with Crippen LogP contribution in [0.25, 0.3) is 0 Å². The van der Waals surface area contributed by atoms with Crippen LogP contribution in [0.5, 0.6) is 0 Å². The van der Waals surface area contributed by atoms with Crippen LogP contribution in [0.3, 0.4) is 0 Å². The molecule has 2 fully saturated rings. The van der Waals surface area contributed by atoms with Crippen LogP contribution in [-0.4, -0.2) is 25.2 Å². The Hall–Kier alpha value is -1.84. The average molecular weight is 342 g/mol. The van der Waals surface area contributed by atoms with Gasteiger partial charge in [0.05, 0.1) is 24.4 Å². The van der Waals surface area contributed by atoms with Crippen molar-refractivity contribution in [3.8, 4) is 0 Å².